The molecule has 3 nitrogen and oxygen atoms in total. The third kappa shape index (κ3) is 4.98. The van der Waals surface area contributed by atoms with Crippen molar-refractivity contribution in [1.29, 1.82) is 5.26 Å². The molecule has 0 aliphatic carbocycles. The van der Waals surface area contributed by atoms with E-state index in [2.05, 4.69) is 0 Å². The van der Waals surface area contributed by atoms with Crippen LogP contribution < -0.4 is 0 Å². The Hall–Kier alpha value is -2.08. The molecule has 17 heavy (non-hydrogen) atoms. The average molecular weight is 229 g/mol. The van der Waals surface area contributed by atoms with Crippen LogP contribution in [0.25, 0.3) is 6.08 Å². The number of esters is 1. The molecular formula is C14H15NO2. The van der Waals surface area contributed by atoms with E-state index in [0.29, 0.717) is 18.1 Å². The molecule has 0 radical (unpaired) electrons. The second kappa shape index (κ2) is 6.49. The van der Waals surface area contributed by atoms with Gasteiger partial charge in [0, 0.05) is 6.08 Å². The summed E-state index contributed by atoms with van der Waals surface area (Å²) in [5.74, 6) is -0.0321. The minimum absolute atomic E-state index is 0.328. The molecule has 0 aliphatic rings. The van der Waals surface area contributed by atoms with Crippen LogP contribution in [0.4, 0.5) is 0 Å². The number of rotatable bonds is 4. The molecular weight excluding hydrogens is 214 g/mol. The van der Waals surface area contributed by atoms with E-state index in [0.717, 1.165) is 5.56 Å². The van der Waals surface area contributed by atoms with Gasteiger partial charge in [-0.05, 0) is 29.7 Å². The lowest BCUT2D eigenvalue weighted by atomic mass is 10.1. The van der Waals surface area contributed by atoms with Crippen molar-refractivity contribution >= 4 is 12.0 Å². The van der Waals surface area contributed by atoms with Crippen LogP contribution in [-0.4, -0.2) is 12.6 Å². The van der Waals surface area contributed by atoms with Crippen molar-refractivity contribution in [2.45, 2.75) is 13.8 Å². The molecule has 0 saturated heterocycles. The maximum Gasteiger partial charge on any atom is 0.330 e. The molecule has 0 spiro atoms. The summed E-state index contributed by atoms with van der Waals surface area (Å²) in [6, 6.07) is 9.08. The monoisotopic (exact) mass is 229 g/mol. The van der Waals surface area contributed by atoms with Crippen molar-refractivity contribution in [2.24, 2.45) is 5.92 Å². The quantitative estimate of drug-likeness (QED) is 0.589. The van der Waals surface area contributed by atoms with Gasteiger partial charge in [-0.15, -0.1) is 0 Å². The van der Waals surface area contributed by atoms with Crippen molar-refractivity contribution in [3.05, 3.63) is 41.5 Å². The van der Waals surface area contributed by atoms with Crippen molar-refractivity contribution in [3.63, 3.8) is 0 Å². The number of nitriles is 1. The maximum atomic E-state index is 11.3. The number of carbonyl (C=O) groups is 1. The van der Waals surface area contributed by atoms with Crippen LogP contribution in [-0.2, 0) is 9.53 Å². The highest BCUT2D eigenvalue weighted by Crippen LogP contribution is 2.06. The number of hydrogen-bond donors (Lipinski definition) is 0. The lowest BCUT2D eigenvalue weighted by Gasteiger charge is -2.03. The summed E-state index contributed by atoms with van der Waals surface area (Å²) in [5, 5.41) is 8.72. The predicted octanol–water partition coefficient (Wildman–Crippen LogP) is 2.77. The summed E-state index contributed by atoms with van der Waals surface area (Å²) in [6.45, 7) is 4.38. The summed E-state index contributed by atoms with van der Waals surface area (Å²) in [5.41, 5.74) is 1.38. The zero-order valence-electron chi connectivity index (χ0n) is 10.0. The summed E-state index contributed by atoms with van der Waals surface area (Å²) in [6.07, 6.45) is 3.02. The average Bonchev–Trinajstić information content (AvgIpc) is 2.34. The smallest absolute Gasteiger partial charge is 0.330 e. The van der Waals surface area contributed by atoms with E-state index >= 15 is 0 Å². The third-order valence-electron chi connectivity index (χ3n) is 1.99. The predicted molar refractivity (Wildman–Crippen MR) is 66.0 cm³/mol. The molecule has 3 heteroatoms. The van der Waals surface area contributed by atoms with Gasteiger partial charge in [-0.25, -0.2) is 4.79 Å². The summed E-state index contributed by atoms with van der Waals surface area (Å²) in [7, 11) is 0. The minimum Gasteiger partial charge on any atom is -0.462 e. The van der Waals surface area contributed by atoms with Gasteiger partial charge >= 0.3 is 5.97 Å². The normalized spacial score (nSPS) is 10.5. The fourth-order valence-corrected chi connectivity index (χ4v) is 1.17. The number of benzene rings is 1. The first-order valence-corrected chi connectivity index (χ1v) is 5.47. The van der Waals surface area contributed by atoms with E-state index < -0.39 is 0 Å². The largest absolute Gasteiger partial charge is 0.462 e. The molecule has 0 amide bonds. The SMILES string of the molecule is CC(C)COC(=O)/C=C/c1cccc(C#N)c1. The van der Waals surface area contributed by atoms with E-state index in [-0.39, 0.29) is 5.97 Å². The Kier molecular flexibility index (Phi) is 4.96. The lowest BCUT2D eigenvalue weighted by Crippen LogP contribution is -2.06. The van der Waals surface area contributed by atoms with Gasteiger partial charge in [0.25, 0.3) is 0 Å². The Morgan fingerprint density at radius 2 is 2.29 bits per heavy atom. The Bertz CT molecular complexity index is 456. The highest BCUT2D eigenvalue weighted by atomic mass is 16.5. The second-order valence-electron chi connectivity index (χ2n) is 4.09. The van der Waals surface area contributed by atoms with Gasteiger partial charge in [-0.2, -0.15) is 5.26 Å². The van der Waals surface area contributed by atoms with Crippen LogP contribution in [0.5, 0.6) is 0 Å². The van der Waals surface area contributed by atoms with Crippen molar-refractivity contribution in [2.75, 3.05) is 6.61 Å². The van der Waals surface area contributed by atoms with Crippen LogP contribution in [0.3, 0.4) is 0 Å². The van der Waals surface area contributed by atoms with E-state index in [1.54, 1.807) is 24.3 Å². The molecule has 1 aromatic carbocycles. The summed E-state index contributed by atoms with van der Waals surface area (Å²) < 4.78 is 4.99. The molecule has 0 heterocycles. The van der Waals surface area contributed by atoms with Crippen LogP contribution in [0, 0.1) is 17.2 Å². The van der Waals surface area contributed by atoms with Gasteiger partial charge in [-0.3, -0.25) is 0 Å². The first-order valence-electron chi connectivity index (χ1n) is 5.47. The van der Waals surface area contributed by atoms with Gasteiger partial charge < -0.3 is 4.74 Å². The molecule has 0 fully saturated rings. The molecule has 0 atom stereocenters. The van der Waals surface area contributed by atoms with Gasteiger partial charge in [-0.1, -0.05) is 26.0 Å². The summed E-state index contributed by atoms with van der Waals surface area (Å²) >= 11 is 0. The second-order valence-corrected chi connectivity index (χ2v) is 4.09. The molecule has 0 aliphatic heterocycles. The van der Waals surface area contributed by atoms with E-state index in [1.165, 1.54) is 6.08 Å². The van der Waals surface area contributed by atoms with Crippen molar-refractivity contribution in [1.82, 2.24) is 0 Å². The first kappa shape index (κ1) is 13.0. The first-order chi connectivity index (χ1) is 8.11. The summed E-state index contributed by atoms with van der Waals surface area (Å²) in [4.78, 5) is 11.3. The Balaban J connectivity index is 2.58. The number of nitrogens with zero attached hydrogens (tertiary/aromatic N) is 1. The Morgan fingerprint density at radius 3 is 2.94 bits per heavy atom. The number of carbonyl (C=O) groups excluding carboxylic acids is 1. The molecule has 1 rings (SSSR count). The van der Waals surface area contributed by atoms with E-state index in [9.17, 15) is 4.79 Å². The van der Waals surface area contributed by atoms with Gasteiger partial charge in [0.15, 0.2) is 0 Å². The van der Waals surface area contributed by atoms with Crippen LogP contribution in [0.2, 0.25) is 0 Å². The number of ether oxygens (including phenoxy) is 1. The fraction of sp³-hybridized carbons (Fsp3) is 0.286. The van der Waals surface area contributed by atoms with Crippen molar-refractivity contribution in [3.8, 4) is 6.07 Å². The fourth-order valence-electron chi connectivity index (χ4n) is 1.17. The molecule has 88 valence electrons. The van der Waals surface area contributed by atoms with E-state index in [1.807, 2.05) is 26.0 Å². The highest BCUT2D eigenvalue weighted by Gasteiger charge is 1.99. The Morgan fingerprint density at radius 1 is 1.53 bits per heavy atom. The van der Waals surface area contributed by atoms with Crippen molar-refractivity contribution < 1.29 is 9.53 Å². The van der Waals surface area contributed by atoms with E-state index in [4.69, 9.17) is 10.00 Å². The topological polar surface area (TPSA) is 50.1 Å². The third-order valence-corrected chi connectivity index (χ3v) is 1.99. The van der Waals surface area contributed by atoms with Crippen LogP contribution in [0.1, 0.15) is 25.0 Å². The van der Waals surface area contributed by atoms with Gasteiger partial charge in [0.2, 0.25) is 0 Å². The number of hydrogen-bond acceptors (Lipinski definition) is 3. The van der Waals surface area contributed by atoms with Crippen LogP contribution in [0.15, 0.2) is 30.3 Å². The standard InChI is InChI=1S/C14H15NO2/c1-11(2)10-17-14(16)7-6-12-4-3-5-13(8-12)9-15/h3-8,11H,10H2,1-2H3/b7-6+. The van der Waals surface area contributed by atoms with Crippen LogP contribution >= 0.6 is 0 Å². The molecule has 0 aromatic heterocycles. The minimum atomic E-state index is -0.360. The zero-order valence-corrected chi connectivity index (χ0v) is 10.0. The zero-order chi connectivity index (χ0) is 12.7. The molecule has 0 unspecified atom stereocenters. The molecule has 0 saturated carbocycles. The highest BCUT2D eigenvalue weighted by molar-refractivity contribution is 5.87. The molecule has 0 N–H and O–H groups in total. The Labute approximate surface area is 101 Å². The van der Waals surface area contributed by atoms with Gasteiger partial charge in [0.1, 0.15) is 0 Å². The molecule has 1 aromatic rings. The molecule has 0 bridgehead atoms. The van der Waals surface area contributed by atoms with Gasteiger partial charge in [0.05, 0.1) is 18.2 Å². The maximum absolute atomic E-state index is 11.3. The lowest BCUT2D eigenvalue weighted by molar-refractivity contribution is -0.138.